The molecule has 0 fully saturated rings. The molecule has 1 N–H and O–H groups in total. The van der Waals surface area contributed by atoms with Crippen molar-refractivity contribution < 1.29 is 9.53 Å². The quantitative estimate of drug-likeness (QED) is 0.405. The molecule has 0 aliphatic carbocycles. The highest BCUT2D eigenvalue weighted by Gasteiger charge is 2.21. The summed E-state index contributed by atoms with van der Waals surface area (Å²) in [6, 6.07) is 15.6. The molecule has 0 saturated carbocycles. The third-order valence-electron chi connectivity index (χ3n) is 6.69. The van der Waals surface area contributed by atoms with Crippen LogP contribution < -0.4 is 20.4 Å². The molecule has 1 aliphatic heterocycles. The first-order chi connectivity index (χ1) is 17.4. The van der Waals surface area contributed by atoms with Crippen molar-refractivity contribution in [3.05, 3.63) is 74.8 Å². The average Bonchev–Trinajstić information content (AvgIpc) is 3.39. The summed E-state index contributed by atoms with van der Waals surface area (Å²) in [5, 5.41) is 4.96. The van der Waals surface area contributed by atoms with Gasteiger partial charge in [0.25, 0.3) is 11.5 Å². The largest absolute Gasteiger partial charge is 0.482 e. The predicted molar refractivity (Wildman–Crippen MR) is 142 cm³/mol. The number of carbonyl (C=O) groups is 1. The molecule has 8 nitrogen and oxygen atoms in total. The van der Waals surface area contributed by atoms with Crippen molar-refractivity contribution in [2.45, 2.75) is 39.7 Å². The lowest BCUT2D eigenvalue weighted by Crippen LogP contribution is -2.25. The summed E-state index contributed by atoms with van der Waals surface area (Å²) in [7, 11) is 1.88. The van der Waals surface area contributed by atoms with Gasteiger partial charge in [0.2, 0.25) is 0 Å². The van der Waals surface area contributed by atoms with Gasteiger partial charge in [-0.2, -0.15) is 0 Å². The molecule has 0 unspecified atom stereocenters. The van der Waals surface area contributed by atoms with Crippen LogP contribution in [0.1, 0.15) is 38.4 Å². The lowest BCUT2D eigenvalue weighted by Gasteiger charge is -2.21. The summed E-state index contributed by atoms with van der Waals surface area (Å²) in [4.78, 5) is 31.1. The number of para-hydroxylation sites is 1. The highest BCUT2D eigenvalue weighted by atomic mass is 32.1. The van der Waals surface area contributed by atoms with E-state index in [0.29, 0.717) is 17.1 Å². The number of rotatable bonds is 6. The van der Waals surface area contributed by atoms with Crippen molar-refractivity contribution in [2.75, 3.05) is 11.9 Å². The molecule has 2 aromatic carbocycles. The van der Waals surface area contributed by atoms with Crippen LogP contribution >= 0.6 is 11.3 Å². The molecule has 0 saturated heterocycles. The van der Waals surface area contributed by atoms with Gasteiger partial charge in [-0.25, -0.2) is 9.67 Å². The van der Waals surface area contributed by atoms with E-state index >= 15 is 0 Å². The number of fused-ring (bicyclic) bond motifs is 1. The molecule has 4 aromatic rings. The molecule has 36 heavy (non-hydrogen) atoms. The van der Waals surface area contributed by atoms with Crippen molar-refractivity contribution in [1.29, 1.82) is 0 Å². The Labute approximate surface area is 213 Å². The van der Waals surface area contributed by atoms with Gasteiger partial charge in [-0.05, 0) is 50.1 Å². The molecule has 1 aliphatic rings. The molecular weight excluding hydrogens is 474 g/mol. The Morgan fingerprint density at radius 3 is 2.58 bits per heavy atom. The number of hydrogen-bond donors (Lipinski definition) is 1. The van der Waals surface area contributed by atoms with Gasteiger partial charge in [0.1, 0.15) is 5.75 Å². The zero-order chi connectivity index (χ0) is 25.4. The zero-order valence-electron chi connectivity index (χ0n) is 20.8. The van der Waals surface area contributed by atoms with Gasteiger partial charge in [-0.15, -0.1) is 11.3 Å². The van der Waals surface area contributed by atoms with Crippen molar-refractivity contribution in [3.63, 3.8) is 0 Å². The van der Waals surface area contributed by atoms with Crippen molar-refractivity contribution >= 4 is 28.6 Å². The monoisotopic (exact) mass is 503 g/mol. The van der Waals surface area contributed by atoms with E-state index in [2.05, 4.69) is 29.1 Å². The van der Waals surface area contributed by atoms with Crippen molar-refractivity contribution in [2.24, 2.45) is 12.0 Å². The molecule has 186 valence electrons. The second-order valence-corrected chi connectivity index (χ2v) is 9.65. The first-order valence-electron chi connectivity index (χ1n) is 12.1. The maximum Gasteiger partial charge on any atom is 0.297 e. The third kappa shape index (κ3) is 4.09. The molecule has 0 radical (unpaired) electrons. The van der Waals surface area contributed by atoms with Crippen LogP contribution in [0.4, 0.5) is 11.4 Å². The van der Waals surface area contributed by atoms with E-state index in [1.54, 1.807) is 4.68 Å². The van der Waals surface area contributed by atoms with E-state index in [9.17, 15) is 9.59 Å². The van der Waals surface area contributed by atoms with Gasteiger partial charge in [0.15, 0.2) is 17.1 Å². The lowest BCUT2D eigenvalue weighted by molar-refractivity contribution is -0.118. The first kappa shape index (κ1) is 23.9. The number of benzene rings is 2. The topological polar surface area (TPSA) is 82.6 Å². The summed E-state index contributed by atoms with van der Waals surface area (Å²) in [5.41, 5.74) is 4.48. The van der Waals surface area contributed by atoms with Gasteiger partial charge in [-0.3, -0.25) is 14.3 Å². The van der Waals surface area contributed by atoms with Crippen LogP contribution in [0.15, 0.2) is 63.7 Å². The fraction of sp³-hybridized carbons (Fsp3) is 0.296. The highest BCUT2D eigenvalue weighted by molar-refractivity contribution is 7.07. The second kappa shape index (κ2) is 9.66. The summed E-state index contributed by atoms with van der Waals surface area (Å²) >= 11 is 1.51. The number of thiazole rings is 1. The van der Waals surface area contributed by atoms with Crippen molar-refractivity contribution in [3.8, 4) is 22.7 Å². The minimum absolute atomic E-state index is 0.0263. The van der Waals surface area contributed by atoms with Gasteiger partial charge in [-0.1, -0.05) is 32.0 Å². The fourth-order valence-electron chi connectivity index (χ4n) is 4.64. The average molecular weight is 504 g/mol. The third-order valence-corrected chi connectivity index (χ3v) is 7.53. The standard InChI is InChI=1S/C27H29N5O3S/c1-5-19(6-2)31-22(18-12-13-23-21(14-18)28-24(33)15-35-23)16-36-27(31)29-25-17(3)30(4)32(26(25)34)20-10-8-7-9-11-20/h7-14,16,19H,5-6,15H2,1-4H3,(H,28,33). The number of nitrogens with one attached hydrogen (secondary N) is 1. The minimum atomic E-state index is -0.164. The molecule has 0 atom stereocenters. The van der Waals surface area contributed by atoms with Crippen LogP contribution in [0, 0.1) is 6.92 Å². The Hall–Kier alpha value is -3.85. The molecular formula is C27H29N5O3S. The lowest BCUT2D eigenvalue weighted by atomic mass is 10.1. The van der Waals surface area contributed by atoms with Crippen LogP contribution in [-0.4, -0.2) is 26.4 Å². The van der Waals surface area contributed by atoms with E-state index < -0.39 is 0 Å². The number of anilines is 1. The van der Waals surface area contributed by atoms with E-state index in [0.717, 1.165) is 40.3 Å². The predicted octanol–water partition coefficient (Wildman–Crippen LogP) is 4.94. The second-order valence-electron chi connectivity index (χ2n) is 8.81. The highest BCUT2D eigenvalue weighted by Crippen LogP contribution is 2.34. The van der Waals surface area contributed by atoms with Gasteiger partial charge in [0.05, 0.1) is 22.8 Å². The Kier molecular flexibility index (Phi) is 6.40. The number of amides is 1. The Morgan fingerprint density at radius 2 is 1.86 bits per heavy atom. The van der Waals surface area contributed by atoms with E-state index in [1.165, 1.54) is 11.3 Å². The minimum Gasteiger partial charge on any atom is -0.482 e. The van der Waals surface area contributed by atoms with Gasteiger partial charge in [0, 0.05) is 24.0 Å². The van der Waals surface area contributed by atoms with Crippen molar-refractivity contribution in [1.82, 2.24) is 13.9 Å². The first-order valence-corrected chi connectivity index (χ1v) is 13.0. The Balaban J connectivity index is 1.69. The van der Waals surface area contributed by atoms with E-state index in [4.69, 9.17) is 9.73 Å². The zero-order valence-corrected chi connectivity index (χ0v) is 21.6. The van der Waals surface area contributed by atoms with Gasteiger partial charge < -0.3 is 14.6 Å². The number of carbonyl (C=O) groups excluding carboxylic acids is 1. The molecule has 3 heterocycles. The maximum atomic E-state index is 13.5. The smallest absolute Gasteiger partial charge is 0.297 e. The Bertz CT molecular complexity index is 1550. The molecule has 0 spiro atoms. The summed E-state index contributed by atoms with van der Waals surface area (Å²) in [5.74, 6) is 0.497. The molecule has 1 amide bonds. The van der Waals surface area contributed by atoms with Crippen LogP contribution in [-0.2, 0) is 11.8 Å². The van der Waals surface area contributed by atoms with Crippen LogP contribution in [0.5, 0.6) is 5.75 Å². The van der Waals surface area contributed by atoms with Gasteiger partial charge >= 0.3 is 0 Å². The molecule has 9 heteroatoms. The normalized spacial score (nSPS) is 13.6. The number of aromatic nitrogens is 3. The summed E-state index contributed by atoms with van der Waals surface area (Å²) < 4.78 is 11.2. The van der Waals surface area contributed by atoms with Crippen LogP contribution in [0.25, 0.3) is 16.9 Å². The van der Waals surface area contributed by atoms with Crippen LogP contribution in [0.2, 0.25) is 0 Å². The molecule has 2 aromatic heterocycles. The van der Waals surface area contributed by atoms with Crippen LogP contribution in [0.3, 0.4) is 0 Å². The molecule has 5 rings (SSSR count). The number of ether oxygens (including phenoxy) is 1. The summed E-state index contributed by atoms with van der Waals surface area (Å²) in [6.45, 7) is 6.26. The number of hydrogen-bond acceptors (Lipinski definition) is 5. The Morgan fingerprint density at radius 1 is 1.11 bits per heavy atom. The summed E-state index contributed by atoms with van der Waals surface area (Å²) in [6.07, 6.45) is 1.83. The fourth-order valence-corrected chi connectivity index (χ4v) is 5.61. The number of nitrogens with zero attached hydrogens (tertiary/aromatic N) is 4. The van der Waals surface area contributed by atoms with E-state index in [1.807, 2.05) is 67.2 Å². The maximum absolute atomic E-state index is 13.5. The molecule has 0 bridgehead atoms. The van der Waals surface area contributed by atoms with E-state index in [-0.39, 0.29) is 24.1 Å². The SMILES string of the molecule is CCC(CC)n1c(-c2ccc3c(c2)NC(=O)CO3)csc1=Nc1c(C)n(C)n(-c2ccccc2)c1=O.